The lowest BCUT2D eigenvalue weighted by atomic mass is 10.1. The average Bonchev–Trinajstić information content (AvgIpc) is 2.58. The zero-order chi connectivity index (χ0) is 15.4. The second kappa shape index (κ2) is 6.60. The molecule has 1 aromatic carbocycles. The summed E-state index contributed by atoms with van der Waals surface area (Å²) in [5.74, 6) is -0.111. The van der Waals surface area contributed by atoms with Crippen molar-refractivity contribution in [1.82, 2.24) is 4.98 Å². The van der Waals surface area contributed by atoms with E-state index in [4.69, 9.17) is 0 Å². The standard InChI is InChI=1S/C18H21N3O/c1-14-7-3-4-8-17(14)20-18(22)15-11-16(13-19-12-15)21-9-5-2-6-10-21/h3-4,7-8,11-13H,2,5-6,9-10H2,1H3,(H,20,22). The Morgan fingerprint density at radius 2 is 1.91 bits per heavy atom. The Labute approximate surface area is 131 Å². The van der Waals surface area contributed by atoms with Gasteiger partial charge in [-0.15, -0.1) is 0 Å². The first kappa shape index (κ1) is 14.6. The van der Waals surface area contributed by atoms with Crippen LogP contribution < -0.4 is 10.2 Å². The molecular weight excluding hydrogens is 274 g/mol. The summed E-state index contributed by atoms with van der Waals surface area (Å²) < 4.78 is 0. The van der Waals surface area contributed by atoms with Gasteiger partial charge in [-0.05, 0) is 43.9 Å². The molecule has 0 atom stereocenters. The van der Waals surface area contributed by atoms with Crippen LogP contribution in [0.1, 0.15) is 35.2 Å². The molecule has 114 valence electrons. The lowest BCUT2D eigenvalue weighted by molar-refractivity contribution is 0.102. The van der Waals surface area contributed by atoms with Crippen molar-refractivity contribution in [1.29, 1.82) is 0 Å². The number of pyridine rings is 1. The number of aryl methyl sites for hydroxylation is 1. The first-order valence-electron chi connectivity index (χ1n) is 7.81. The number of aromatic nitrogens is 1. The highest BCUT2D eigenvalue weighted by Crippen LogP contribution is 2.21. The van der Waals surface area contributed by atoms with Crippen molar-refractivity contribution < 1.29 is 4.79 Å². The number of amides is 1. The fraction of sp³-hybridized carbons (Fsp3) is 0.333. The molecule has 0 spiro atoms. The summed E-state index contributed by atoms with van der Waals surface area (Å²) in [6.07, 6.45) is 7.17. The summed E-state index contributed by atoms with van der Waals surface area (Å²) in [5.41, 5.74) is 3.54. The molecule has 4 heteroatoms. The number of benzene rings is 1. The second-order valence-electron chi connectivity index (χ2n) is 5.75. The SMILES string of the molecule is Cc1ccccc1NC(=O)c1cncc(N2CCCCC2)c1. The van der Waals surface area contributed by atoms with Gasteiger partial charge in [0.15, 0.2) is 0 Å². The van der Waals surface area contributed by atoms with Gasteiger partial charge in [-0.3, -0.25) is 9.78 Å². The molecule has 1 aliphatic rings. The molecule has 2 aromatic rings. The number of piperidine rings is 1. The third-order valence-electron chi connectivity index (χ3n) is 4.10. The van der Waals surface area contributed by atoms with Crippen LogP contribution in [-0.2, 0) is 0 Å². The molecule has 1 fully saturated rings. The minimum atomic E-state index is -0.111. The highest BCUT2D eigenvalue weighted by molar-refractivity contribution is 6.04. The molecule has 0 bridgehead atoms. The molecule has 0 unspecified atom stereocenters. The van der Waals surface area contributed by atoms with Crippen LogP contribution in [0.5, 0.6) is 0 Å². The topological polar surface area (TPSA) is 45.2 Å². The molecule has 1 amide bonds. The molecule has 3 rings (SSSR count). The van der Waals surface area contributed by atoms with Gasteiger partial charge >= 0.3 is 0 Å². The molecule has 1 N–H and O–H groups in total. The van der Waals surface area contributed by atoms with Gasteiger partial charge in [0.25, 0.3) is 5.91 Å². The number of hydrogen-bond acceptors (Lipinski definition) is 3. The van der Waals surface area contributed by atoms with Gasteiger partial charge in [0.2, 0.25) is 0 Å². The minimum absolute atomic E-state index is 0.111. The molecule has 4 nitrogen and oxygen atoms in total. The van der Waals surface area contributed by atoms with Gasteiger partial charge in [0, 0.05) is 25.0 Å². The Bertz CT molecular complexity index is 663. The lowest BCUT2D eigenvalue weighted by Gasteiger charge is -2.28. The zero-order valence-electron chi connectivity index (χ0n) is 12.9. The number of carbonyl (C=O) groups is 1. The molecule has 0 saturated carbocycles. The molecule has 0 radical (unpaired) electrons. The molecule has 22 heavy (non-hydrogen) atoms. The fourth-order valence-electron chi connectivity index (χ4n) is 2.78. The van der Waals surface area contributed by atoms with E-state index in [0.717, 1.165) is 30.0 Å². The largest absolute Gasteiger partial charge is 0.370 e. The van der Waals surface area contributed by atoms with Gasteiger partial charge in [-0.1, -0.05) is 18.2 Å². The number of nitrogens with one attached hydrogen (secondary N) is 1. The quantitative estimate of drug-likeness (QED) is 0.940. The van der Waals surface area contributed by atoms with E-state index < -0.39 is 0 Å². The molecule has 1 aromatic heterocycles. The Hall–Kier alpha value is -2.36. The van der Waals surface area contributed by atoms with Crippen LogP contribution in [0.4, 0.5) is 11.4 Å². The first-order chi connectivity index (χ1) is 10.7. The van der Waals surface area contributed by atoms with Crippen molar-refractivity contribution in [2.75, 3.05) is 23.3 Å². The van der Waals surface area contributed by atoms with E-state index in [0.29, 0.717) is 5.56 Å². The maximum absolute atomic E-state index is 12.4. The third-order valence-corrected chi connectivity index (χ3v) is 4.10. The summed E-state index contributed by atoms with van der Waals surface area (Å²) >= 11 is 0. The number of rotatable bonds is 3. The van der Waals surface area contributed by atoms with Gasteiger partial charge in [0.1, 0.15) is 0 Å². The first-order valence-corrected chi connectivity index (χ1v) is 7.81. The van der Waals surface area contributed by atoms with Crippen LogP contribution in [0, 0.1) is 6.92 Å². The monoisotopic (exact) mass is 295 g/mol. The van der Waals surface area contributed by atoms with E-state index in [1.807, 2.05) is 43.5 Å². The molecule has 1 saturated heterocycles. The van der Waals surface area contributed by atoms with Crippen molar-refractivity contribution in [2.24, 2.45) is 0 Å². The predicted octanol–water partition coefficient (Wildman–Crippen LogP) is 3.63. The fourth-order valence-corrected chi connectivity index (χ4v) is 2.78. The second-order valence-corrected chi connectivity index (χ2v) is 5.75. The average molecular weight is 295 g/mol. The van der Waals surface area contributed by atoms with E-state index in [2.05, 4.69) is 15.2 Å². The lowest BCUT2D eigenvalue weighted by Crippen LogP contribution is -2.29. The highest BCUT2D eigenvalue weighted by atomic mass is 16.1. The third kappa shape index (κ3) is 3.27. The normalized spacial score (nSPS) is 14.7. The maximum Gasteiger partial charge on any atom is 0.257 e. The molecule has 2 heterocycles. The summed E-state index contributed by atoms with van der Waals surface area (Å²) in [6.45, 7) is 4.08. The van der Waals surface area contributed by atoms with Crippen molar-refractivity contribution in [3.63, 3.8) is 0 Å². The Morgan fingerprint density at radius 1 is 1.14 bits per heavy atom. The smallest absolute Gasteiger partial charge is 0.257 e. The van der Waals surface area contributed by atoms with E-state index in [-0.39, 0.29) is 5.91 Å². The van der Waals surface area contributed by atoms with Crippen LogP contribution in [0.25, 0.3) is 0 Å². The van der Waals surface area contributed by atoms with Crippen LogP contribution in [0.3, 0.4) is 0 Å². The van der Waals surface area contributed by atoms with Crippen molar-refractivity contribution in [3.8, 4) is 0 Å². The molecule has 0 aliphatic carbocycles. The Morgan fingerprint density at radius 3 is 2.68 bits per heavy atom. The minimum Gasteiger partial charge on any atom is -0.370 e. The van der Waals surface area contributed by atoms with Gasteiger partial charge in [-0.2, -0.15) is 0 Å². The van der Waals surface area contributed by atoms with Gasteiger partial charge in [0.05, 0.1) is 17.4 Å². The van der Waals surface area contributed by atoms with Crippen LogP contribution in [0.15, 0.2) is 42.7 Å². The van der Waals surface area contributed by atoms with Crippen LogP contribution in [-0.4, -0.2) is 24.0 Å². The Balaban J connectivity index is 1.76. The number of para-hydroxylation sites is 1. The maximum atomic E-state index is 12.4. The van der Waals surface area contributed by atoms with Crippen molar-refractivity contribution in [3.05, 3.63) is 53.9 Å². The van der Waals surface area contributed by atoms with Gasteiger partial charge in [-0.25, -0.2) is 0 Å². The van der Waals surface area contributed by atoms with E-state index >= 15 is 0 Å². The number of nitrogens with zero attached hydrogens (tertiary/aromatic N) is 2. The summed E-state index contributed by atoms with van der Waals surface area (Å²) in [4.78, 5) is 19.0. The molecular formula is C18H21N3O. The van der Waals surface area contributed by atoms with Crippen molar-refractivity contribution >= 4 is 17.3 Å². The van der Waals surface area contributed by atoms with Crippen LogP contribution >= 0.6 is 0 Å². The van der Waals surface area contributed by atoms with Crippen LogP contribution in [0.2, 0.25) is 0 Å². The zero-order valence-corrected chi connectivity index (χ0v) is 12.9. The summed E-state index contributed by atoms with van der Waals surface area (Å²) in [6, 6.07) is 9.72. The molecule has 1 aliphatic heterocycles. The van der Waals surface area contributed by atoms with E-state index in [1.54, 1.807) is 6.20 Å². The van der Waals surface area contributed by atoms with E-state index in [9.17, 15) is 4.79 Å². The van der Waals surface area contributed by atoms with E-state index in [1.165, 1.54) is 19.3 Å². The number of hydrogen-bond donors (Lipinski definition) is 1. The number of anilines is 2. The predicted molar refractivity (Wildman–Crippen MR) is 89.4 cm³/mol. The highest BCUT2D eigenvalue weighted by Gasteiger charge is 2.14. The number of carbonyl (C=O) groups excluding carboxylic acids is 1. The summed E-state index contributed by atoms with van der Waals surface area (Å²) in [5, 5.41) is 2.96. The summed E-state index contributed by atoms with van der Waals surface area (Å²) in [7, 11) is 0. The van der Waals surface area contributed by atoms with Gasteiger partial charge < -0.3 is 10.2 Å². The Kier molecular flexibility index (Phi) is 4.37. The van der Waals surface area contributed by atoms with Crippen molar-refractivity contribution in [2.45, 2.75) is 26.2 Å².